The average molecular weight is 456 g/mol. The van der Waals surface area contributed by atoms with Crippen molar-refractivity contribution in [3.8, 4) is 0 Å². The van der Waals surface area contributed by atoms with E-state index in [1.165, 1.54) is 35.6 Å². The lowest BCUT2D eigenvalue weighted by atomic mass is 10.2. The molecule has 0 fully saturated rings. The number of aromatic nitrogens is 2. The first kappa shape index (κ1) is 20.8. The van der Waals surface area contributed by atoms with Crippen LogP contribution in [0, 0.1) is 6.92 Å². The number of benzene rings is 2. The first-order valence-electron chi connectivity index (χ1n) is 9.15. The van der Waals surface area contributed by atoms with Crippen LogP contribution in [-0.2, 0) is 21.4 Å². The molecule has 8 nitrogen and oxygen atoms in total. The number of anilines is 1. The average Bonchev–Trinajstić information content (AvgIpc) is 3.21. The largest absolute Gasteiger partial charge is 0.454 e. The van der Waals surface area contributed by atoms with Gasteiger partial charge in [0.2, 0.25) is 0 Å². The van der Waals surface area contributed by atoms with E-state index in [9.17, 15) is 18.0 Å². The molecule has 2 N–H and O–H groups in total. The van der Waals surface area contributed by atoms with Gasteiger partial charge in [0, 0.05) is 5.69 Å². The Kier molecular flexibility index (Phi) is 5.57. The number of sulfonamides is 1. The molecule has 0 unspecified atom stereocenters. The minimum absolute atomic E-state index is 0.0612. The first-order chi connectivity index (χ1) is 14.8. The highest BCUT2D eigenvalue weighted by Crippen LogP contribution is 2.19. The third-order valence-corrected chi connectivity index (χ3v) is 6.64. The van der Waals surface area contributed by atoms with E-state index < -0.39 is 16.0 Å². The van der Waals surface area contributed by atoms with Crippen molar-refractivity contribution < 1.29 is 17.9 Å². The summed E-state index contributed by atoms with van der Waals surface area (Å²) in [5.41, 5.74) is 1.61. The van der Waals surface area contributed by atoms with Crippen molar-refractivity contribution >= 4 is 43.2 Å². The number of ether oxygens (including phenoxy) is 1. The van der Waals surface area contributed by atoms with Gasteiger partial charge >= 0.3 is 5.97 Å². The third-order valence-electron chi connectivity index (χ3n) is 4.35. The molecule has 0 atom stereocenters. The highest BCUT2D eigenvalue weighted by molar-refractivity contribution is 7.92. The summed E-state index contributed by atoms with van der Waals surface area (Å²) in [4.78, 5) is 31.2. The number of esters is 1. The van der Waals surface area contributed by atoms with E-state index in [1.807, 2.05) is 13.0 Å². The number of aromatic amines is 1. The molecule has 0 bridgehead atoms. The van der Waals surface area contributed by atoms with Gasteiger partial charge in [0.15, 0.2) is 0 Å². The number of nitrogens with zero attached hydrogens (tertiary/aromatic N) is 1. The van der Waals surface area contributed by atoms with Crippen molar-refractivity contribution in [2.75, 3.05) is 4.72 Å². The van der Waals surface area contributed by atoms with E-state index in [0.717, 1.165) is 5.56 Å². The number of aryl methyl sites for hydroxylation is 1. The summed E-state index contributed by atoms with van der Waals surface area (Å²) in [7, 11) is -3.89. The molecule has 2 aromatic heterocycles. The molecule has 10 heteroatoms. The Hall–Kier alpha value is -3.50. The number of nitrogens with one attached hydrogen (secondary N) is 2. The lowest BCUT2D eigenvalue weighted by molar-refractivity contribution is 0.0462. The van der Waals surface area contributed by atoms with Crippen molar-refractivity contribution in [1.82, 2.24) is 9.97 Å². The normalized spacial score (nSPS) is 11.4. The number of thiophene rings is 1. The van der Waals surface area contributed by atoms with Crippen molar-refractivity contribution in [2.45, 2.75) is 18.4 Å². The van der Waals surface area contributed by atoms with E-state index >= 15 is 0 Å². The van der Waals surface area contributed by atoms with Crippen molar-refractivity contribution in [3.05, 3.63) is 87.3 Å². The first-order valence-corrected chi connectivity index (χ1v) is 11.5. The van der Waals surface area contributed by atoms with Gasteiger partial charge in [-0.15, -0.1) is 11.3 Å². The highest BCUT2D eigenvalue weighted by Gasteiger charge is 2.18. The van der Waals surface area contributed by atoms with Gasteiger partial charge < -0.3 is 9.72 Å². The summed E-state index contributed by atoms with van der Waals surface area (Å²) in [6.45, 7) is 1.60. The second kappa shape index (κ2) is 8.32. The summed E-state index contributed by atoms with van der Waals surface area (Å²) >= 11 is 1.27. The summed E-state index contributed by atoms with van der Waals surface area (Å²) in [5, 5.41) is 1.75. The predicted molar refractivity (Wildman–Crippen MR) is 118 cm³/mol. The van der Waals surface area contributed by atoms with Crippen LogP contribution in [0.4, 0.5) is 5.69 Å². The molecular formula is C21H17N3O5S2. The van der Waals surface area contributed by atoms with Gasteiger partial charge in [-0.05, 0) is 54.3 Å². The zero-order valence-electron chi connectivity index (χ0n) is 16.3. The Bertz CT molecular complexity index is 1440. The SMILES string of the molecule is Cc1cccc(NS(=O)(=O)c2cccc(C(=O)OCc3nc4ccsc4c(=O)[nH]3)c2)c1. The van der Waals surface area contributed by atoms with Crippen LogP contribution in [0.2, 0.25) is 0 Å². The second-order valence-electron chi connectivity index (χ2n) is 6.73. The Labute approximate surface area is 181 Å². The molecule has 0 spiro atoms. The Morgan fingerprint density at radius 2 is 1.97 bits per heavy atom. The van der Waals surface area contributed by atoms with Crippen LogP contribution in [0.25, 0.3) is 10.2 Å². The Balaban J connectivity index is 1.50. The maximum Gasteiger partial charge on any atom is 0.338 e. The van der Waals surface area contributed by atoms with E-state index in [0.29, 0.717) is 15.9 Å². The van der Waals surface area contributed by atoms with Gasteiger partial charge in [-0.1, -0.05) is 18.2 Å². The lowest BCUT2D eigenvalue weighted by Crippen LogP contribution is -2.15. The quantitative estimate of drug-likeness (QED) is 0.430. The van der Waals surface area contributed by atoms with Gasteiger partial charge in [0.25, 0.3) is 15.6 Å². The number of carbonyl (C=O) groups is 1. The third kappa shape index (κ3) is 4.65. The topological polar surface area (TPSA) is 118 Å². The van der Waals surface area contributed by atoms with Gasteiger partial charge in [-0.25, -0.2) is 18.2 Å². The molecule has 31 heavy (non-hydrogen) atoms. The fourth-order valence-electron chi connectivity index (χ4n) is 2.92. The molecule has 2 heterocycles. The highest BCUT2D eigenvalue weighted by atomic mass is 32.2. The fraction of sp³-hybridized carbons (Fsp3) is 0.0952. The smallest absolute Gasteiger partial charge is 0.338 e. The molecule has 0 amide bonds. The van der Waals surface area contributed by atoms with E-state index in [4.69, 9.17) is 4.74 Å². The van der Waals surface area contributed by atoms with Crippen LogP contribution in [0.1, 0.15) is 21.7 Å². The molecule has 4 rings (SSSR count). The molecule has 4 aromatic rings. The van der Waals surface area contributed by atoms with Crippen LogP contribution in [-0.4, -0.2) is 24.4 Å². The van der Waals surface area contributed by atoms with Gasteiger partial charge in [0.05, 0.1) is 16.0 Å². The second-order valence-corrected chi connectivity index (χ2v) is 9.33. The number of carbonyl (C=O) groups excluding carboxylic acids is 1. The molecular weight excluding hydrogens is 438 g/mol. The molecule has 0 aliphatic rings. The van der Waals surface area contributed by atoms with E-state index in [-0.39, 0.29) is 28.4 Å². The molecule has 0 radical (unpaired) electrons. The van der Waals surface area contributed by atoms with Crippen LogP contribution < -0.4 is 10.3 Å². The van der Waals surface area contributed by atoms with Gasteiger partial charge in [0.1, 0.15) is 17.1 Å². The number of hydrogen-bond donors (Lipinski definition) is 2. The van der Waals surface area contributed by atoms with Crippen LogP contribution >= 0.6 is 11.3 Å². The molecule has 158 valence electrons. The maximum absolute atomic E-state index is 12.7. The van der Waals surface area contributed by atoms with Crippen molar-refractivity contribution in [2.24, 2.45) is 0 Å². The standard InChI is InChI=1S/C21H17N3O5S2/c1-13-4-2-6-15(10-13)24-31(27,28)16-7-3-5-14(11-16)21(26)29-12-18-22-17-8-9-30-19(17)20(25)23-18/h2-11,24H,12H2,1H3,(H,22,23,25). The minimum atomic E-state index is -3.89. The zero-order valence-corrected chi connectivity index (χ0v) is 17.9. The van der Waals surface area contributed by atoms with E-state index in [2.05, 4.69) is 14.7 Å². The molecule has 0 aliphatic carbocycles. The number of rotatable bonds is 6. The zero-order chi connectivity index (χ0) is 22.0. The van der Waals surface area contributed by atoms with Crippen LogP contribution in [0.3, 0.4) is 0 Å². The summed E-state index contributed by atoms with van der Waals surface area (Å²) in [6, 6.07) is 14.2. The molecule has 0 saturated heterocycles. The van der Waals surface area contributed by atoms with Crippen LogP contribution in [0.5, 0.6) is 0 Å². The Morgan fingerprint density at radius 1 is 1.16 bits per heavy atom. The van der Waals surface area contributed by atoms with Crippen molar-refractivity contribution in [1.29, 1.82) is 0 Å². The van der Waals surface area contributed by atoms with E-state index in [1.54, 1.807) is 29.6 Å². The summed E-state index contributed by atoms with van der Waals surface area (Å²) < 4.78 is 33.6. The molecule has 0 aliphatic heterocycles. The lowest BCUT2D eigenvalue weighted by Gasteiger charge is -2.10. The minimum Gasteiger partial charge on any atom is -0.454 e. The number of fused-ring (bicyclic) bond motifs is 1. The fourth-order valence-corrected chi connectivity index (χ4v) is 4.74. The van der Waals surface area contributed by atoms with Gasteiger partial charge in [-0.2, -0.15) is 0 Å². The molecule has 0 saturated carbocycles. The number of hydrogen-bond acceptors (Lipinski definition) is 7. The predicted octanol–water partition coefficient (Wildman–Crippen LogP) is 3.45. The maximum atomic E-state index is 12.7. The monoisotopic (exact) mass is 455 g/mol. The molecule has 2 aromatic carbocycles. The summed E-state index contributed by atoms with van der Waals surface area (Å²) in [6.07, 6.45) is 0. The van der Waals surface area contributed by atoms with Crippen molar-refractivity contribution in [3.63, 3.8) is 0 Å². The van der Waals surface area contributed by atoms with Gasteiger partial charge in [-0.3, -0.25) is 9.52 Å². The number of H-pyrrole nitrogens is 1. The summed E-state index contributed by atoms with van der Waals surface area (Å²) in [5.74, 6) is -0.533. The Morgan fingerprint density at radius 3 is 2.77 bits per heavy atom. The van der Waals surface area contributed by atoms with Crippen LogP contribution in [0.15, 0.2) is 69.7 Å².